The Morgan fingerprint density at radius 1 is 1.47 bits per heavy atom. The van der Waals surface area contributed by atoms with Crippen LogP contribution < -0.4 is 11.1 Å². The second-order valence-electron chi connectivity index (χ2n) is 3.60. The van der Waals surface area contributed by atoms with E-state index in [0.717, 1.165) is 5.56 Å². The molecule has 1 heterocycles. The van der Waals surface area contributed by atoms with Gasteiger partial charge in [-0.15, -0.1) is 10.2 Å². The smallest absolute Gasteiger partial charge is 0.230 e. The van der Waals surface area contributed by atoms with E-state index in [1.807, 2.05) is 18.2 Å². The van der Waals surface area contributed by atoms with Crippen LogP contribution in [0.3, 0.4) is 0 Å². The van der Waals surface area contributed by atoms with Gasteiger partial charge in [0, 0.05) is 11.6 Å². The number of hydrogen-bond acceptors (Lipinski definition) is 6. The minimum atomic E-state index is -0.0706. The van der Waals surface area contributed by atoms with E-state index in [9.17, 15) is 4.79 Å². The van der Waals surface area contributed by atoms with Gasteiger partial charge in [-0.3, -0.25) is 4.79 Å². The molecule has 19 heavy (non-hydrogen) atoms. The standard InChI is InChI=1S/C11H11ClN4OS2/c12-8-3-1-2-7(4-8)5-14-9(17)6-18-11-16-15-10(13)19-11/h1-4H,5-6H2,(H2,13,15)(H,14,17). The molecule has 1 aromatic heterocycles. The Morgan fingerprint density at radius 3 is 3.00 bits per heavy atom. The highest BCUT2D eigenvalue weighted by atomic mass is 35.5. The van der Waals surface area contributed by atoms with Crippen molar-refractivity contribution in [1.82, 2.24) is 15.5 Å². The number of halogens is 1. The number of hydrogen-bond donors (Lipinski definition) is 2. The van der Waals surface area contributed by atoms with Crippen LogP contribution in [0.2, 0.25) is 5.02 Å². The zero-order valence-corrected chi connectivity index (χ0v) is 12.2. The van der Waals surface area contributed by atoms with Crippen LogP contribution >= 0.6 is 34.7 Å². The van der Waals surface area contributed by atoms with Gasteiger partial charge in [0.05, 0.1) is 5.75 Å². The third-order valence-corrected chi connectivity index (χ3v) is 4.25. The summed E-state index contributed by atoms with van der Waals surface area (Å²) in [4.78, 5) is 11.6. The fourth-order valence-electron chi connectivity index (χ4n) is 1.30. The highest BCUT2D eigenvalue weighted by Gasteiger charge is 2.06. The molecule has 5 nitrogen and oxygen atoms in total. The number of nitrogens with one attached hydrogen (secondary N) is 1. The summed E-state index contributed by atoms with van der Waals surface area (Å²) >= 11 is 8.44. The number of rotatable bonds is 5. The Kier molecular flexibility index (Phi) is 5.00. The summed E-state index contributed by atoms with van der Waals surface area (Å²) in [6.45, 7) is 0.457. The second-order valence-corrected chi connectivity index (χ2v) is 6.27. The van der Waals surface area contributed by atoms with Crippen molar-refractivity contribution in [1.29, 1.82) is 0 Å². The fourth-order valence-corrected chi connectivity index (χ4v) is 2.98. The Labute approximate surface area is 123 Å². The van der Waals surface area contributed by atoms with Gasteiger partial charge in [-0.2, -0.15) is 0 Å². The first-order valence-electron chi connectivity index (χ1n) is 5.36. The van der Waals surface area contributed by atoms with Crippen LogP contribution in [0.15, 0.2) is 28.6 Å². The van der Waals surface area contributed by atoms with Crippen molar-refractivity contribution in [2.75, 3.05) is 11.5 Å². The number of carbonyl (C=O) groups excluding carboxylic acids is 1. The van der Waals surface area contributed by atoms with Crippen molar-refractivity contribution in [2.45, 2.75) is 10.9 Å². The van der Waals surface area contributed by atoms with Crippen molar-refractivity contribution in [3.05, 3.63) is 34.9 Å². The predicted molar refractivity (Wildman–Crippen MR) is 78.3 cm³/mol. The average molecular weight is 315 g/mol. The zero-order chi connectivity index (χ0) is 13.7. The molecule has 0 atom stereocenters. The van der Waals surface area contributed by atoms with Crippen LogP contribution in [0.4, 0.5) is 5.13 Å². The predicted octanol–water partition coefficient (Wildman–Crippen LogP) is 2.18. The van der Waals surface area contributed by atoms with Crippen LogP contribution in [0.25, 0.3) is 0 Å². The second kappa shape index (κ2) is 6.74. The van der Waals surface area contributed by atoms with E-state index in [0.29, 0.717) is 21.0 Å². The van der Waals surface area contributed by atoms with Crippen LogP contribution in [-0.2, 0) is 11.3 Å². The quantitative estimate of drug-likeness (QED) is 0.827. The minimum Gasteiger partial charge on any atom is -0.374 e. The number of anilines is 1. The largest absolute Gasteiger partial charge is 0.374 e. The van der Waals surface area contributed by atoms with Gasteiger partial charge in [-0.1, -0.05) is 46.8 Å². The number of nitrogen functional groups attached to an aromatic ring is 1. The van der Waals surface area contributed by atoms with Crippen molar-refractivity contribution in [2.24, 2.45) is 0 Å². The fraction of sp³-hybridized carbons (Fsp3) is 0.182. The summed E-state index contributed by atoms with van der Waals surface area (Å²) in [6, 6.07) is 7.37. The lowest BCUT2D eigenvalue weighted by Gasteiger charge is -2.04. The average Bonchev–Trinajstić information content (AvgIpc) is 2.80. The summed E-state index contributed by atoms with van der Waals surface area (Å²) in [5.74, 6) is 0.216. The molecular weight excluding hydrogens is 304 g/mol. The molecule has 0 aliphatic heterocycles. The molecule has 8 heteroatoms. The van der Waals surface area contributed by atoms with Gasteiger partial charge in [0.15, 0.2) is 4.34 Å². The molecule has 2 aromatic rings. The molecule has 1 aromatic carbocycles. The third kappa shape index (κ3) is 4.70. The van der Waals surface area contributed by atoms with Crippen LogP contribution in [0.5, 0.6) is 0 Å². The Balaban J connectivity index is 1.75. The number of carbonyl (C=O) groups is 1. The summed E-state index contributed by atoms with van der Waals surface area (Å²) in [6.07, 6.45) is 0. The molecule has 0 aliphatic carbocycles. The van der Waals surface area contributed by atoms with E-state index in [4.69, 9.17) is 17.3 Å². The van der Waals surface area contributed by atoms with Gasteiger partial charge in [-0.25, -0.2) is 0 Å². The SMILES string of the molecule is Nc1nnc(SCC(=O)NCc2cccc(Cl)c2)s1. The first kappa shape index (κ1) is 14.1. The Hall–Kier alpha value is -1.31. The molecule has 100 valence electrons. The molecular formula is C11H11ClN4OS2. The molecule has 2 rings (SSSR count). The molecule has 3 N–H and O–H groups in total. The number of amides is 1. The highest BCUT2D eigenvalue weighted by Crippen LogP contribution is 2.23. The summed E-state index contributed by atoms with van der Waals surface area (Å²) in [7, 11) is 0. The number of aromatic nitrogens is 2. The van der Waals surface area contributed by atoms with Gasteiger partial charge in [0.25, 0.3) is 0 Å². The normalized spacial score (nSPS) is 10.4. The maximum Gasteiger partial charge on any atom is 0.230 e. The van der Waals surface area contributed by atoms with Gasteiger partial charge < -0.3 is 11.1 Å². The van der Waals surface area contributed by atoms with Gasteiger partial charge >= 0.3 is 0 Å². The maximum absolute atomic E-state index is 11.6. The molecule has 0 aliphatic rings. The number of benzene rings is 1. The van der Waals surface area contributed by atoms with E-state index >= 15 is 0 Å². The molecule has 0 saturated heterocycles. The van der Waals surface area contributed by atoms with Crippen molar-refractivity contribution in [3.8, 4) is 0 Å². The van der Waals surface area contributed by atoms with Crippen LogP contribution in [-0.4, -0.2) is 21.9 Å². The third-order valence-electron chi connectivity index (χ3n) is 2.13. The lowest BCUT2D eigenvalue weighted by molar-refractivity contribution is -0.118. The molecule has 0 saturated carbocycles. The van der Waals surface area contributed by atoms with Crippen LogP contribution in [0, 0.1) is 0 Å². The number of nitrogens with two attached hydrogens (primary N) is 1. The first-order chi connectivity index (χ1) is 9.13. The zero-order valence-electron chi connectivity index (χ0n) is 9.80. The summed E-state index contributed by atoms with van der Waals surface area (Å²) in [5.41, 5.74) is 6.42. The Bertz CT molecular complexity index is 575. The monoisotopic (exact) mass is 314 g/mol. The molecule has 0 bridgehead atoms. The Morgan fingerprint density at radius 2 is 2.32 bits per heavy atom. The van der Waals surface area contributed by atoms with Gasteiger partial charge in [0.2, 0.25) is 11.0 Å². The number of thioether (sulfide) groups is 1. The van der Waals surface area contributed by atoms with E-state index in [2.05, 4.69) is 15.5 Å². The van der Waals surface area contributed by atoms with Crippen molar-refractivity contribution >= 4 is 45.7 Å². The molecule has 1 amide bonds. The lowest BCUT2D eigenvalue weighted by atomic mass is 10.2. The topological polar surface area (TPSA) is 80.9 Å². The van der Waals surface area contributed by atoms with E-state index in [1.165, 1.54) is 23.1 Å². The van der Waals surface area contributed by atoms with Gasteiger partial charge in [0.1, 0.15) is 0 Å². The lowest BCUT2D eigenvalue weighted by Crippen LogP contribution is -2.24. The van der Waals surface area contributed by atoms with Crippen molar-refractivity contribution < 1.29 is 4.79 Å². The molecule has 0 spiro atoms. The minimum absolute atomic E-state index is 0.0706. The van der Waals surface area contributed by atoms with E-state index in [1.54, 1.807) is 6.07 Å². The first-order valence-corrected chi connectivity index (χ1v) is 7.54. The van der Waals surface area contributed by atoms with E-state index in [-0.39, 0.29) is 11.7 Å². The maximum atomic E-state index is 11.6. The van der Waals surface area contributed by atoms with E-state index < -0.39 is 0 Å². The molecule has 0 fully saturated rings. The molecule has 0 unspecified atom stereocenters. The van der Waals surface area contributed by atoms with Crippen molar-refractivity contribution in [3.63, 3.8) is 0 Å². The van der Waals surface area contributed by atoms with Crippen LogP contribution in [0.1, 0.15) is 5.56 Å². The summed E-state index contributed by atoms with van der Waals surface area (Å²) < 4.78 is 0.690. The summed E-state index contributed by atoms with van der Waals surface area (Å²) in [5, 5.41) is 11.4. The highest BCUT2D eigenvalue weighted by molar-refractivity contribution is 8.01. The number of nitrogens with zero attached hydrogens (tertiary/aromatic N) is 2. The molecule has 0 radical (unpaired) electrons. The van der Waals surface area contributed by atoms with Gasteiger partial charge in [-0.05, 0) is 17.7 Å².